The number of aliphatic hydroxyl groups excluding tert-OH is 1. The molecule has 1 aliphatic rings. The van der Waals surface area contributed by atoms with Gasteiger partial charge in [0.05, 0.1) is 34.0 Å². The number of hydrogen-bond acceptors (Lipinski definition) is 8. The zero-order chi connectivity index (χ0) is 35.5. The van der Waals surface area contributed by atoms with Crippen molar-refractivity contribution in [2.75, 3.05) is 13.7 Å². The molecule has 1 heterocycles. The second-order valence-electron chi connectivity index (χ2n) is 12.3. The normalized spacial score (nSPS) is 24.0. The number of carbonyl (C=O) groups is 4. The van der Waals surface area contributed by atoms with E-state index in [0.717, 1.165) is 5.56 Å². The number of halogens is 3. The molecule has 13 heteroatoms. The Morgan fingerprint density at radius 2 is 1.67 bits per heavy atom. The van der Waals surface area contributed by atoms with Crippen LogP contribution in [0.4, 0.5) is 0 Å². The Bertz CT molecular complexity index is 1430. The van der Waals surface area contributed by atoms with Gasteiger partial charge in [-0.2, -0.15) is 0 Å². The van der Waals surface area contributed by atoms with Crippen LogP contribution >= 0.6 is 39.1 Å². The molecule has 2 aromatic carbocycles. The zero-order valence-electron chi connectivity index (χ0n) is 27.6. The number of amides is 2. The van der Waals surface area contributed by atoms with Gasteiger partial charge < -0.3 is 30.0 Å². The van der Waals surface area contributed by atoms with Gasteiger partial charge >= 0.3 is 11.9 Å². The first-order valence-electron chi connectivity index (χ1n) is 15.8. The van der Waals surface area contributed by atoms with Gasteiger partial charge in [-0.15, -0.1) is 0 Å². The quantitative estimate of drug-likeness (QED) is 0.217. The van der Waals surface area contributed by atoms with Crippen molar-refractivity contribution in [1.29, 1.82) is 0 Å². The number of carbonyl (C=O) groups excluding carboxylic acids is 4. The summed E-state index contributed by atoms with van der Waals surface area (Å²) in [6, 6.07) is 11.4. The number of rotatable bonds is 9. The average molecular weight is 771 g/mol. The van der Waals surface area contributed by atoms with Crippen LogP contribution in [0, 0.1) is 17.8 Å². The van der Waals surface area contributed by atoms with Crippen LogP contribution < -0.4 is 15.4 Å². The molecule has 2 aromatic rings. The maximum Gasteiger partial charge on any atom is 0.347 e. The molecule has 0 aromatic heterocycles. The van der Waals surface area contributed by atoms with E-state index >= 15 is 0 Å². The van der Waals surface area contributed by atoms with E-state index in [9.17, 15) is 24.3 Å². The third kappa shape index (κ3) is 11.2. The number of esters is 2. The molecule has 2 amide bonds. The summed E-state index contributed by atoms with van der Waals surface area (Å²) in [6.45, 7) is 6.94. The molecule has 1 unspecified atom stereocenters. The summed E-state index contributed by atoms with van der Waals surface area (Å²) in [5.41, 5.74) is 1.39. The largest absolute Gasteiger partial charge is 0.494 e. The van der Waals surface area contributed by atoms with E-state index in [1.807, 2.05) is 44.2 Å². The van der Waals surface area contributed by atoms with Crippen LogP contribution in [0.3, 0.4) is 0 Å². The number of ether oxygens (including phenoxy) is 3. The van der Waals surface area contributed by atoms with E-state index in [2.05, 4.69) is 26.6 Å². The lowest BCUT2D eigenvalue weighted by Crippen LogP contribution is -2.49. The first kappa shape index (κ1) is 39.3. The standard InChI is InChI=1S/C35H43BrCl2N2O8/c1-19(2)14-28-35(45)47-27(21(4)31(42)30(36)23-10-7-6-8-11-23)12-9-13-29(41)40-26(33(43)39-18-20(3)34(44)48-28)17-22-15-24(37)32(46-5)25(38)16-22/h6-11,13,15-16,19-21,26-28,30-31,42H,12,14,17-18H2,1-5H3,(H,39,43)(H,40,41)/b13-9+/t20-,21+,26-,27+,28+,30?,31+/m1/s1. The molecule has 0 fully saturated rings. The molecule has 0 radical (unpaired) electrons. The van der Waals surface area contributed by atoms with Crippen LogP contribution in [-0.4, -0.2) is 66.9 Å². The summed E-state index contributed by atoms with van der Waals surface area (Å²) >= 11 is 16.2. The Kier molecular flexibility index (Phi) is 15.2. The predicted molar refractivity (Wildman–Crippen MR) is 187 cm³/mol. The van der Waals surface area contributed by atoms with Crippen LogP contribution in [0.2, 0.25) is 10.0 Å². The van der Waals surface area contributed by atoms with Gasteiger partial charge in [0.1, 0.15) is 12.1 Å². The molecule has 10 nitrogen and oxygen atoms in total. The first-order valence-corrected chi connectivity index (χ1v) is 17.4. The topological polar surface area (TPSA) is 140 Å². The SMILES string of the molecule is COc1c(Cl)cc(C[C@H]2NC(=O)/C=C/C[C@@H]([C@H](C)[C@H](O)C(Br)c3ccccc3)OC(=O)[C@H](CC(C)C)OC(=O)[C@H](C)CNC2=O)cc1Cl. The molecule has 0 saturated carbocycles. The Balaban J connectivity index is 1.94. The maximum atomic E-state index is 13.5. The van der Waals surface area contributed by atoms with E-state index in [1.165, 1.54) is 19.3 Å². The minimum absolute atomic E-state index is 0.0215. The minimum atomic E-state index is -1.21. The molecular formula is C35H43BrCl2N2O8. The van der Waals surface area contributed by atoms with E-state index in [4.69, 9.17) is 37.4 Å². The van der Waals surface area contributed by atoms with Gasteiger partial charge in [0.15, 0.2) is 11.9 Å². The molecule has 7 atom stereocenters. The molecule has 0 spiro atoms. The molecule has 1 aliphatic heterocycles. The van der Waals surface area contributed by atoms with E-state index in [0.29, 0.717) is 5.56 Å². The first-order chi connectivity index (χ1) is 22.7. The van der Waals surface area contributed by atoms with Crippen LogP contribution in [0.5, 0.6) is 5.75 Å². The van der Waals surface area contributed by atoms with Crippen molar-refractivity contribution in [2.24, 2.45) is 17.8 Å². The average Bonchev–Trinajstić information content (AvgIpc) is 3.04. The summed E-state index contributed by atoms with van der Waals surface area (Å²) in [5, 5.41) is 17.2. The van der Waals surface area contributed by atoms with Gasteiger partial charge in [0, 0.05) is 25.3 Å². The predicted octanol–water partition coefficient (Wildman–Crippen LogP) is 5.74. The van der Waals surface area contributed by atoms with Crippen molar-refractivity contribution < 1.29 is 38.5 Å². The molecule has 48 heavy (non-hydrogen) atoms. The third-order valence-electron chi connectivity index (χ3n) is 7.97. The Labute approximate surface area is 300 Å². The van der Waals surface area contributed by atoms with Gasteiger partial charge in [0.2, 0.25) is 11.8 Å². The van der Waals surface area contributed by atoms with Crippen molar-refractivity contribution in [3.05, 3.63) is 75.8 Å². The Hall–Kier alpha value is -3.12. The second kappa shape index (κ2) is 18.6. The summed E-state index contributed by atoms with van der Waals surface area (Å²) in [4.78, 5) is 52.6. The van der Waals surface area contributed by atoms with Crippen molar-refractivity contribution in [3.8, 4) is 5.75 Å². The molecule has 262 valence electrons. The fourth-order valence-electron chi connectivity index (χ4n) is 5.15. The van der Waals surface area contributed by atoms with E-state index in [1.54, 1.807) is 26.0 Å². The van der Waals surface area contributed by atoms with Crippen LogP contribution in [0.15, 0.2) is 54.6 Å². The maximum absolute atomic E-state index is 13.5. The highest BCUT2D eigenvalue weighted by Gasteiger charge is 2.36. The lowest BCUT2D eigenvalue weighted by Gasteiger charge is -2.31. The second-order valence-corrected chi connectivity index (χ2v) is 14.1. The molecule has 3 N–H and O–H groups in total. The fourth-order valence-corrected chi connectivity index (χ4v) is 6.63. The Morgan fingerprint density at radius 3 is 2.27 bits per heavy atom. The highest BCUT2D eigenvalue weighted by atomic mass is 79.9. The number of alkyl halides is 1. The van der Waals surface area contributed by atoms with Gasteiger partial charge in [-0.3, -0.25) is 14.4 Å². The lowest BCUT2D eigenvalue weighted by molar-refractivity contribution is -0.177. The smallest absolute Gasteiger partial charge is 0.347 e. The molecule has 3 rings (SSSR count). The number of hydrogen-bond donors (Lipinski definition) is 3. The zero-order valence-corrected chi connectivity index (χ0v) is 30.7. The molecule has 0 saturated heterocycles. The highest BCUT2D eigenvalue weighted by Crippen LogP contribution is 2.35. The van der Waals surface area contributed by atoms with E-state index < -0.39 is 64.8 Å². The van der Waals surface area contributed by atoms with Crippen LogP contribution in [0.1, 0.15) is 56.5 Å². The molecule has 0 bridgehead atoms. The van der Waals surface area contributed by atoms with Gasteiger partial charge in [-0.1, -0.05) is 103 Å². The van der Waals surface area contributed by atoms with Crippen LogP contribution in [-0.2, 0) is 35.1 Å². The number of benzene rings is 2. The van der Waals surface area contributed by atoms with Crippen molar-refractivity contribution in [2.45, 2.75) is 76.1 Å². The monoisotopic (exact) mass is 768 g/mol. The third-order valence-corrected chi connectivity index (χ3v) is 9.61. The molecular weight excluding hydrogens is 727 g/mol. The minimum Gasteiger partial charge on any atom is -0.494 e. The highest BCUT2D eigenvalue weighted by molar-refractivity contribution is 9.09. The number of nitrogens with one attached hydrogen (secondary N) is 2. The van der Waals surface area contributed by atoms with E-state index in [-0.39, 0.29) is 47.5 Å². The summed E-state index contributed by atoms with van der Waals surface area (Å²) in [7, 11) is 1.43. The van der Waals surface area contributed by atoms with Crippen molar-refractivity contribution in [3.63, 3.8) is 0 Å². The summed E-state index contributed by atoms with van der Waals surface area (Å²) in [6.07, 6.45) is -0.0836. The van der Waals surface area contributed by atoms with Gasteiger partial charge in [0.25, 0.3) is 0 Å². The molecule has 0 aliphatic carbocycles. The van der Waals surface area contributed by atoms with Crippen molar-refractivity contribution >= 4 is 62.9 Å². The Morgan fingerprint density at radius 1 is 1.02 bits per heavy atom. The lowest BCUT2D eigenvalue weighted by atomic mass is 9.91. The van der Waals surface area contributed by atoms with Crippen molar-refractivity contribution in [1.82, 2.24) is 10.6 Å². The number of methoxy groups -OCH3 is 1. The summed E-state index contributed by atoms with van der Waals surface area (Å²) in [5.74, 6) is -3.79. The van der Waals surface area contributed by atoms with Gasteiger partial charge in [-0.05, 0) is 41.7 Å². The fraction of sp³-hybridized carbons (Fsp3) is 0.486. The van der Waals surface area contributed by atoms with Gasteiger partial charge in [-0.25, -0.2) is 4.79 Å². The number of cyclic esters (lactones) is 2. The summed E-state index contributed by atoms with van der Waals surface area (Å²) < 4.78 is 16.8. The van der Waals surface area contributed by atoms with Crippen LogP contribution in [0.25, 0.3) is 0 Å². The number of aliphatic hydroxyl groups is 1.